The normalized spacial score (nSPS) is 11.3. The maximum Gasteiger partial charge on any atom is 0.270 e. The molecule has 0 saturated carbocycles. The first kappa shape index (κ1) is 21.7. The van der Waals surface area contributed by atoms with E-state index in [0.29, 0.717) is 21.5 Å². The number of nitro benzene ring substituents is 1. The maximum atomic E-state index is 13.1. The molecule has 0 bridgehead atoms. The van der Waals surface area contributed by atoms with Crippen molar-refractivity contribution in [2.45, 2.75) is 11.4 Å². The van der Waals surface area contributed by atoms with Crippen LogP contribution < -0.4 is 14.2 Å². The summed E-state index contributed by atoms with van der Waals surface area (Å²) in [5.74, 6) is 0.996. The van der Waals surface area contributed by atoms with E-state index in [1.54, 1.807) is 24.4 Å². The lowest BCUT2D eigenvalue weighted by atomic mass is 10.2. The van der Waals surface area contributed by atoms with Crippen molar-refractivity contribution >= 4 is 31.6 Å². The Hall–Kier alpha value is -2.96. The number of hydrogen-bond donors (Lipinski definition) is 1. The van der Waals surface area contributed by atoms with E-state index < -0.39 is 14.9 Å². The zero-order chi connectivity index (χ0) is 21.9. The summed E-state index contributed by atoms with van der Waals surface area (Å²) >= 11 is 3.25. The number of benzene rings is 2. The molecule has 3 aromatic rings. The van der Waals surface area contributed by atoms with E-state index in [4.69, 9.17) is 9.47 Å². The second-order valence-electron chi connectivity index (χ2n) is 6.01. The number of hydrogen-bond acceptors (Lipinski definition) is 7. The smallest absolute Gasteiger partial charge is 0.270 e. The summed E-state index contributed by atoms with van der Waals surface area (Å²) in [5, 5.41) is 15.3. The van der Waals surface area contributed by atoms with E-state index in [1.807, 2.05) is 0 Å². The third-order valence-corrected chi connectivity index (χ3v) is 6.03. The minimum absolute atomic E-state index is 0.0968. The van der Waals surface area contributed by atoms with Gasteiger partial charge in [0.05, 0.1) is 35.5 Å². The summed E-state index contributed by atoms with van der Waals surface area (Å²) in [6.07, 6.45) is 3.03. The van der Waals surface area contributed by atoms with Crippen molar-refractivity contribution in [1.29, 1.82) is 0 Å². The lowest BCUT2D eigenvalue weighted by Crippen LogP contribution is -2.25. The molecule has 3 rings (SSSR count). The first-order valence-electron chi connectivity index (χ1n) is 8.44. The van der Waals surface area contributed by atoms with E-state index >= 15 is 0 Å². The van der Waals surface area contributed by atoms with Crippen molar-refractivity contribution in [3.05, 3.63) is 68.9 Å². The van der Waals surface area contributed by atoms with Gasteiger partial charge in [-0.2, -0.15) is 5.10 Å². The number of nitro groups is 1. The van der Waals surface area contributed by atoms with E-state index in [1.165, 1.54) is 37.2 Å². The molecule has 0 spiro atoms. The van der Waals surface area contributed by atoms with Crippen molar-refractivity contribution in [3.63, 3.8) is 0 Å². The molecule has 30 heavy (non-hydrogen) atoms. The van der Waals surface area contributed by atoms with Crippen molar-refractivity contribution in [3.8, 4) is 17.2 Å². The van der Waals surface area contributed by atoms with Gasteiger partial charge in [-0.05, 0) is 28.1 Å². The molecule has 0 saturated heterocycles. The number of halogens is 1. The summed E-state index contributed by atoms with van der Waals surface area (Å²) in [6.45, 7) is -0.0968. The van der Waals surface area contributed by atoms with Crippen molar-refractivity contribution in [1.82, 2.24) is 14.5 Å². The zero-order valence-corrected chi connectivity index (χ0v) is 18.3. The zero-order valence-electron chi connectivity index (χ0n) is 15.9. The molecule has 0 fully saturated rings. The second-order valence-corrected chi connectivity index (χ2v) is 8.67. The van der Waals surface area contributed by atoms with Crippen LogP contribution in [0.1, 0.15) is 5.56 Å². The van der Waals surface area contributed by atoms with Gasteiger partial charge in [0.2, 0.25) is 10.0 Å². The van der Waals surface area contributed by atoms with Gasteiger partial charge in [-0.25, -0.2) is 17.8 Å². The monoisotopic (exact) mass is 496 g/mol. The molecule has 0 atom stereocenters. The van der Waals surface area contributed by atoms with E-state index in [2.05, 4.69) is 25.8 Å². The number of non-ortho nitro benzene ring substituents is 1. The van der Waals surface area contributed by atoms with Crippen LogP contribution in [0, 0.1) is 10.1 Å². The minimum atomic E-state index is -4.14. The number of methoxy groups -OCH3 is 2. The van der Waals surface area contributed by atoms with Gasteiger partial charge >= 0.3 is 0 Å². The van der Waals surface area contributed by atoms with Crippen molar-refractivity contribution in [2.24, 2.45) is 0 Å². The quantitative estimate of drug-likeness (QED) is 0.375. The first-order chi connectivity index (χ1) is 14.2. The van der Waals surface area contributed by atoms with Gasteiger partial charge in [0.25, 0.3) is 5.69 Å². The molecule has 1 N–H and O–H groups in total. The van der Waals surface area contributed by atoms with Crippen LogP contribution in [-0.4, -0.2) is 37.3 Å². The summed E-state index contributed by atoms with van der Waals surface area (Å²) in [5.41, 5.74) is 0.378. The number of rotatable bonds is 8. The Morgan fingerprint density at radius 1 is 1.20 bits per heavy atom. The van der Waals surface area contributed by atoms with Gasteiger partial charge < -0.3 is 9.47 Å². The number of aromatic nitrogens is 2. The number of nitrogens with zero attached hydrogens (tertiary/aromatic N) is 3. The van der Waals surface area contributed by atoms with Crippen LogP contribution in [0.2, 0.25) is 0 Å². The fourth-order valence-electron chi connectivity index (χ4n) is 2.70. The number of sulfonamides is 1. The van der Waals surface area contributed by atoms with Crippen LogP contribution in [0.5, 0.6) is 11.5 Å². The van der Waals surface area contributed by atoms with Crippen LogP contribution in [0.15, 0.2) is 58.2 Å². The molecule has 1 heterocycles. The van der Waals surface area contributed by atoms with E-state index in [0.717, 1.165) is 6.07 Å². The Labute approximate surface area is 180 Å². The predicted octanol–water partition coefficient (Wildman–Crippen LogP) is 3.04. The van der Waals surface area contributed by atoms with Gasteiger partial charge in [-0.3, -0.25) is 10.1 Å². The van der Waals surface area contributed by atoms with Gasteiger partial charge in [0, 0.05) is 36.5 Å². The van der Waals surface area contributed by atoms with Gasteiger partial charge in [0.1, 0.15) is 16.4 Å². The molecule has 0 aliphatic heterocycles. The average Bonchev–Trinajstić information content (AvgIpc) is 3.17. The molecular formula is C18H17BrN4O6S. The van der Waals surface area contributed by atoms with Crippen LogP contribution in [-0.2, 0) is 16.6 Å². The summed E-state index contributed by atoms with van der Waals surface area (Å²) in [7, 11) is -1.17. The molecule has 0 aliphatic carbocycles. The fourth-order valence-corrected chi connectivity index (χ4v) is 4.20. The highest BCUT2D eigenvalue weighted by molar-refractivity contribution is 9.10. The molecule has 0 amide bonds. The average molecular weight is 497 g/mol. The highest BCUT2D eigenvalue weighted by Gasteiger charge is 2.24. The molecule has 0 unspecified atom stereocenters. The Morgan fingerprint density at radius 2 is 1.97 bits per heavy atom. The molecule has 0 aliphatic rings. The van der Waals surface area contributed by atoms with Crippen LogP contribution >= 0.6 is 15.9 Å². The van der Waals surface area contributed by atoms with Crippen LogP contribution in [0.25, 0.3) is 5.69 Å². The topological polar surface area (TPSA) is 126 Å². The predicted molar refractivity (Wildman–Crippen MR) is 111 cm³/mol. The SMILES string of the molecule is COc1ccc(CNS(=O)(=O)c2cc([N+](=O)[O-])ccc2-n2cc(Br)cn2)c(OC)c1. The highest BCUT2D eigenvalue weighted by atomic mass is 79.9. The summed E-state index contributed by atoms with van der Waals surface area (Å²) in [4.78, 5) is 10.3. The van der Waals surface area contributed by atoms with Gasteiger partial charge in [-0.15, -0.1) is 0 Å². The van der Waals surface area contributed by atoms with Crippen molar-refractivity contribution in [2.75, 3.05) is 14.2 Å². The first-order valence-corrected chi connectivity index (χ1v) is 10.7. The molecule has 2 aromatic carbocycles. The van der Waals surface area contributed by atoms with Crippen molar-refractivity contribution < 1.29 is 22.8 Å². The Bertz CT molecular complexity index is 1200. The second kappa shape index (κ2) is 8.81. The van der Waals surface area contributed by atoms with E-state index in [9.17, 15) is 18.5 Å². The van der Waals surface area contributed by atoms with Crippen LogP contribution in [0.3, 0.4) is 0 Å². The molecule has 1 aromatic heterocycles. The molecule has 12 heteroatoms. The van der Waals surface area contributed by atoms with E-state index in [-0.39, 0.29) is 22.8 Å². The number of ether oxygens (including phenoxy) is 2. The lowest BCUT2D eigenvalue weighted by molar-refractivity contribution is -0.385. The maximum absolute atomic E-state index is 13.1. The third kappa shape index (κ3) is 4.61. The lowest BCUT2D eigenvalue weighted by Gasteiger charge is -2.14. The van der Waals surface area contributed by atoms with Crippen LogP contribution in [0.4, 0.5) is 5.69 Å². The molecule has 158 valence electrons. The van der Waals surface area contributed by atoms with Gasteiger partial charge in [-0.1, -0.05) is 6.07 Å². The highest BCUT2D eigenvalue weighted by Crippen LogP contribution is 2.28. The molecule has 10 nitrogen and oxygen atoms in total. The fraction of sp³-hybridized carbons (Fsp3) is 0.167. The molecule has 0 radical (unpaired) electrons. The Balaban J connectivity index is 1.99. The summed E-state index contributed by atoms with van der Waals surface area (Å²) in [6, 6.07) is 8.52. The number of nitrogens with one attached hydrogen (secondary N) is 1. The van der Waals surface area contributed by atoms with Gasteiger partial charge in [0.15, 0.2) is 0 Å². The minimum Gasteiger partial charge on any atom is -0.497 e. The summed E-state index contributed by atoms with van der Waals surface area (Å²) < 4.78 is 40.9. The standard InChI is InChI=1S/C18H17BrN4O6S/c1-28-15-5-3-12(17(8-15)29-2)9-21-30(26,27)18-7-14(23(24)25)4-6-16(18)22-11-13(19)10-20-22/h3-8,10-11,21H,9H2,1-2H3. The molecular weight excluding hydrogens is 480 g/mol. The third-order valence-electron chi connectivity index (χ3n) is 4.19. The Kier molecular flexibility index (Phi) is 6.39. The Morgan fingerprint density at radius 3 is 2.57 bits per heavy atom. The largest absolute Gasteiger partial charge is 0.497 e.